The van der Waals surface area contributed by atoms with Crippen molar-refractivity contribution in [1.29, 1.82) is 0 Å². The topological polar surface area (TPSA) is 87.7 Å². The maximum absolute atomic E-state index is 11.9. The number of aliphatic carboxylic acids is 1. The van der Waals surface area contributed by atoms with Gasteiger partial charge in [-0.25, -0.2) is 4.79 Å². The summed E-state index contributed by atoms with van der Waals surface area (Å²) in [5, 5.41) is 14.9. The highest BCUT2D eigenvalue weighted by Gasteiger charge is 2.42. The Kier molecular flexibility index (Phi) is 5.45. The van der Waals surface area contributed by atoms with Gasteiger partial charge in [0.05, 0.1) is 5.92 Å². The van der Waals surface area contributed by atoms with Gasteiger partial charge in [-0.15, -0.1) is 0 Å². The van der Waals surface area contributed by atoms with E-state index in [2.05, 4.69) is 10.6 Å². The molecule has 0 saturated heterocycles. The van der Waals surface area contributed by atoms with Crippen LogP contribution in [0.5, 0.6) is 0 Å². The Balaban J connectivity index is 1.63. The predicted molar refractivity (Wildman–Crippen MR) is 78.1 cm³/mol. The first-order chi connectivity index (χ1) is 10.0. The molecule has 21 heavy (non-hydrogen) atoms. The highest BCUT2D eigenvalue weighted by molar-refractivity contribution is 5.74. The number of urea groups is 1. The minimum atomic E-state index is -0.716. The molecule has 2 rings (SSSR count). The van der Waals surface area contributed by atoms with Gasteiger partial charge in [-0.3, -0.25) is 4.79 Å². The van der Waals surface area contributed by atoms with Gasteiger partial charge in [0.25, 0.3) is 0 Å². The van der Waals surface area contributed by atoms with E-state index in [9.17, 15) is 9.59 Å². The molecule has 2 aliphatic carbocycles. The van der Waals surface area contributed by atoms with E-state index in [4.69, 9.17) is 9.84 Å². The number of carboxylic acids is 1. The lowest BCUT2D eigenvalue weighted by Gasteiger charge is -2.27. The fraction of sp³-hybridized carbons (Fsp3) is 0.867. The smallest absolute Gasteiger partial charge is 0.315 e. The molecule has 0 bridgehead atoms. The van der Waals surface area contributed by atoms with Crippen LogP contribution in [0, 0.1) is 11.3 Å². The van der Waals surface area contributed by atoms with E-state index in [1.54, 1.807) is 7.11 Å². The molecule has 2 saturated carbocycles. The third-order valence-corrected chi connectivity index (χ3v) is 4.83. The minimum Gasteiger partial charge on any atom is -0.481 e. The van der Waals surface area contributed by atoms with Crippen LogP contribution in [0.1, 0.15) is 44.9 Å². The summed E-state index contributed by atoms with van der Waals surface area (Å²) in [4.78, 5) is 22.8. The van der Waals surface area contributed by atoms with Crippen molar-refractivity contribution in [1.82, 2.24) is 10.6 Å². The Morgan fingerprint density at radius 3 is 2.43 bits per heavy atom. The fourth-order valence-electron chi connectivity index (χ4n) is 3.00. The highest BCUT2D eigenvalue weighted by atomic mass is 16.5. The maximum Gasteiger partial charge on any atom is 0.315 e. The number of methoxy groups -OCH3 is 1. The van der Waals surface area contributed by atoms with Crippen molar-refractivity contribution in [3.63, 3.8) is 0 Å². The summed E-state index contributed by atoms with van der Waals surface area (Å²) in [6.45, 7) is 1.44. The number of carbonyl (C=O) groups excluding carboxylic acids is 1. The molecule has 0 aromatic carbocycles. The van der Waals surface area contributed by atoms with Crippen molar-refractivity contribution >= 4 is 12.0 Å². The number of rotatable bonds is 7. The third kappa shape index (κ3) is 4.88. The van der Waals surface area contributed by atoms with E-state index in [1.807, 2.05) is 0 Å². The van der Waals surface area contributed by atoms with Crippen LogP contribution in [0.15, 0.2) is 0 Å². The average Bonchev–Trinajstić information content (AvgIpc) is 3.24. The zero-order chi connectivity index (χ0) is 15.3. The zero-order valence-electron chi connectivity index (χ0n) is 12.7. The lowest BCUT2D eigenvalue weighted by Crippen LogP contribution is -2.45. The summed E-state index contributed by atoms with van der Waals surface area (Å²) in [6, 6.07) is -0.0211. The Morgan fingerprint density at radius 1 is 1.24 bits per heavy atom. The van der Waals surface area contributed by atoms with Crippen molar-refractivity contribution in [3.05, 3.63) is 0 Å². The Hall–Kier alpha value is -1.30. The number of carbonyl (C=O) groups is 2. The third-order valence-electron chi connectivity index (χ3n) is 4.83. The fourth-order valence-corrected chi connectivity index (χ4v) is 3.00. The van der Waals surface area contributed by atoms with E-state index < -0.39 is 5.97 Å². The maximum atomic E-state index is 11.9. The van der Waals surface area contributed by atoms with E-state index >= 15 is 0 Å². The first kappa shape index (κ1) is 16.1. The second-order valence-electron chi connectivity index (χ2n) is 6.46. The number of hydrogen-bond donors (Lipinski definition) is 3. The molecule has 0 heterocycles. The van der Waals surface area contributed by atoms with Gasteiger partial charge in [0.2, 0.25) is 0 Å². The minimum absolute atomic E-state index is 0.106. The van der Waals surface area contributed by atoms with Crippen LogP contribution < -0.4 is 10.6 Å². The van der Waals surface area contributed by atoms with Crippen molar-refractivity contribution in [2.45, 2.75) is 51.0 Å². The molecule has 2 fully saturated rings. The number of carboxylic acid groups (broad SMARTS) is 1. The molecule has 0 spiro atoms. The van der Waals surface area contributed by atoms with Crippen LogP contribution >= 0.6 is 0 Å². The second-order valence-corrected chi connectivity index (χ2v) is 6.46. The van der Waals surface area contributed by atoms with Crippen LogP contribution in [0.25, 0.3) is 0 Å². The van der Waals surface area contributed by atoms with Gasteiger partial charge in [0.1, 0.15) is 0 Å². The van der Waals surface area contributed by atoms with E-state index in [1.165, 1.54) is 0 Å². The molecular formula is C15H26N2O4. The Morgan fingerprint density at radius 2 is 1.90 bits per heavy atom. The number of nitrogens with one attached hydrogen (secondary N) is 2. The van der Waals surface area contributed by atoms with Crippen LogP contribution in [-0.4, -0.2) is 43.4 Å². The quantitative estimate of drug-likeness (QED) is 0.668. The van der Waals surface area contributed by atoms with E-state index in [-0.39, 0.29) is 23.4 Å². The monoisotopic (exact) mass is 298 g/mol. The molecule has 120 valence electrons. The van der Waals surface area contributed by atoms with Gasteiger partial charge >= 0.3 is 12.0 Å². The average molecular weight is 298 g/mol. The van der Waals surface area contributed by atoms with E-state index in [0.29, 0.717) is 19.4 Å². The summed E-state index contributed by atoms with van der Waals surface area (Å²) in [5.74, 6) is -0.957. The van der Waals surface area contributed by atoms with Crippen molar-refractivity contribution in [2.24, 2.45) is 11.3 Å². The van der Waals surface area contributed by atoms with E-state index in [0.717, 1.165) is 38.7 Å². The normalized spacial score (nSPS) is 26.9. The van der Waals surface area contributed by atoms with Gasteiger partial charge in [0, 0.05) is 26.3 Å². The van der Waals surface area contributed by atoms with Crippen molar-refractivity contribution < 1.29 is 19.4 Å². The summed E-state index contributed by atoms with van der Waals surface area (Å²) in [5.41, 5.74) is 0.244. The molecule has 0 aromatic rings. The van der Waals surface area contributed by atoms with Crippen molar-refractivity contribution in [2.75, 3.05) is 20.3 Å². The Labute approximate surface area is 125 Å². The standard InChI is InChI=1S/C15H26N2O4/c1-21-9-8-15(6-7-15)10-16-14(20)17-12-4-2-11(3-5-12)13(18)19/h11-12H,2-10H2,1H3,(H,18,19)(H2,16,17,20). The second kappa shape index (κ2) is 7.11. The highest BCUT2D eigenvalue weighted by Crippen LogP contribution is 2.48. The van der Waals surface area contributed by atoms with Crippen molar-refractivity contribution in [3.8, 4) is 0 Å². The number of amides is 2. The first-order valence-electron chi connectivity index (χ1n) is 7.81. The molecule has 6 nitrogen and oxygen atoms in total. The molecule has 0 unspecified atom stereocenters. The summed E-state index contributed by atoms with van der Waals surface area (Å²) in [6.07, 6.45) is 6.10. The predicted octanol–water partition coefficient (Wildman–Crippen LogP) is 1.75. The summed E-state index contributed by atoms with van der Waals surface area (Å²) in [7, 11) is 1.70. The van der Waals surface area contributed by atoms with Crippen LogP contribution in [0.3, 0.4) is 0 Å². The molecular weight excluding hydrogens is 272 g/mol. The molecule has 0 radical (unpaired) electrons. The van der Waals surface area contributed by atoms with Gasteiger partial charge in [0.15, 0.2) is 0 Å². The lowest BCUT2D eigenvalue weighted by molar-refractivity contribution is -0.142. The molecule has 0 aliphatic heterocycles. The van der Waals surface area contributed by atoms with Gasteiger partial charge in [-0.2, -0.15) is 0 Å². The molecule has 0 aromatic heterocycles. The Bertz CT molecular complexity index is 374. The van der Waals surface area contributed by atoms with Gasteiger partial charge in [-0.1, -0.05) is 0 Å². The summed E-state index contributed by atoms with van der Waals surface area (Å²) < 4.78 is 5.10. The molecule has 6 heteroatoms. The molecule has 2 aliphatic rings. The molecule has 2 amide bonds. The van der Waals surface area contributed by atoms with Crippen LogP contribution in [0.4, 0.5) is 4.79 Å². The number of ether oxygens (including phenoxy) is 1. The largest absolute Gasteiger partial charge is 0.481 e. The summed E-state index contributed by atoms with van der Waals surface area (Å²) >= 11 is 0. The molecule has 3 N–H and O–H groups in total. The van der Waals surface area contributed by atoms with Crippen LogP contribution in [-0.2, 0) is 9.53 Å². The number of hydrogen-bond acceptors (Lipinski definition) is 3. The zero-order valence-corrected chi connectivity index (χ0v) is 12.7. The van der Waals surface area contributed by atoms with Crippen LogP contribution in [0.2, 0.25) is 0 Å². The van der Waals surface area contributed by atoms with Gasteiger partial charge < -0.3 is 20.5 Å². The lowest BCUT2D eigenvalue weighted by atomic mass is 9.86. The first-order valence-corrected chi connectivity index (χ1v) is 7.81. The molecule has 0 atom stereocenters. The SMILES string of the molecule is COCCC1(CNC(=O)NC2CCC(C(=O)O)CC2)CC1. The van der Waals surface area contributed by atoms with Gasteiger partial charge in [-0.05, 0) is 50.4 Å².